The maximum absolute atomic E-state index is 11.4. The minimum atomic E-state index is 0.0588. The highest BCUT2D eigenvalue weighted by Crippen LogP contribution is 2.25. The number of hydrogen-bond donors (Lipinski definition) is 0. The van der Waals surface area contributed by atoms with Gasteiger partial charge in [0.2, 0.25) is 0 Å². The summed E-state index contributed by atoms with van der Waals surface area (Å²) in [6.45, 7) is 11.7. The van der Waals surface area contributed by atoms with Gasteiger partial charge in [-0.15, -0.1) is 0 Å². The molecule has 0 aliphatic carbocycles. The van der Waals surface area contributed by atoms with Crippen LogP contribution in [0.25, 0.3) is 6.08 Å². The van der Waals surface area contributed by atoms with Crippen molar-refractivity contribution in [1.82, 2.24) is 0 Å². The fraction of sp³-hybridized carbons (Fsp3) is 0.357. The first-order valence-electron chi connectivity index (χ1n) is 5.13. The molecule has 0 radical (unpaired) electrons. The van der Waals surface area contributed by atoms with E-state index in [1.54, 1.807) is 13.0 Å². The Labute approximate surface area is 91.8 Å². The number of Topliss-reactive ketones (excluding diaryl/α,β-unsaturated/α-hetero) is 1. The Balaban J connectivity index is 3.36. The van der Waals surface area contributed by atoms with Crippen LogP contribution >= 0.6 is 0 Å². The largest absolute Gasteiger partial charge is 0.295 e. The van der Waals surface area contributed by atoms with Crippen LogP contribution in [0.1, 0.15) is 49.2 Å². The van der Waals surface area contributed by atoms with Crippen LogP contribution in [0, 0.1) is 0 Å². The predicted octanol–water partition coefficient (Wildman–Crippen LogP) is 3.83. The second-order valence-electron chi connectivity index (χ2n) is 4.85. The van der Waals surface area contributed by atoms with Gasteiger partial charge in [0.25, 0.3) is 0 Å². The molecule has 0 bridgehead atoms. The summed E-state index contributed by atoms with van der Waals surface area (Å²) in [5.74, 6) is 0.101. The molecule has 0 amide bonds. The summed E-state index contributed by atoms with van der Waals surface area (Å²) in [4.78, 5) is 11.4. The smallest absolute Gasteiger partial charge is 0.159 e. The van der Waals surface area contributed by atoms with Crippen molar-refractivity contribution in [3.05, 3.63) is 41.5 Å². The summed E-state index contributed by atoms with van der Waals surface area (Å²) in [5.41, 5.74) is 3.00. The Morgan fingerprint density at radius 2 is 1.87 bits per heavy atom. The van der Waals surface area contributed by atoms with Crippen LogP contribution in [0.2, 0.25) is 0 Å². The van der Waals surface area contributed by atoms with Crippen molar-refractivity contribution in [3.8, 4) is 0 Å². The van der Waals surface area contributed by atoms with Crippen LogP contribution in [0.4, 0.5) is 0 Å². The van der Waals surface area contributed by atoms with Gasteiger partial charge < -0.3 is 0 Å². The van der Waals surface area contributed by atoms with E-state index in [4.69, 9.17) is 0 Å². The summed E-state index contributed by atoms with van der Waals surface area (Å²) in [6, 6.07) is 5.93. The molecule has 0 saturated carbocycles. The molecule has 0 aliphatic heterocycles. The topological polar surface area (TPSA) is 17.1 Å². The molecule has 1 nitrogen and oxygen atoms in total. The van der Waals surface area contributed by atoms with Gasteiger partial charge >= 0.3 is 0 Å². The van der Waals surface area contributed by atoms with E-state index in [1.807, 2.05) is 12.1 Å². The first-order chi connectivity index (χ1) is 6.84. The SMILES string of the molecule is C=Cc1cc(C(C)=O)cc(C(C)(C)C)c1. The number of rotatable bonds is 2. The number of carbonyl (C=O) groups excluding carboxylic acids is 1. The van der Waals surface area contributed by atoms with E-state index >= 15 is 0 Å². The molecule has 15 heavy (non-hydrogen) atoms. The van der Waals surface area contributed by atoms with E-state index < -0.39 is 0 Å². The molecular formula is C14H18O. The molecule has 0 saturated heterocycles. The Kier molecular flexibility index (Phi) is 3.13. The van der Waals surface area contributed by atoms with Gasteiger partial charge in [0.1, 0.15) is 0 Å². The maximum Gasteiger partial charge on any atom is 0.159 e. The fourth-order valence-electron chi connectivity index (χ4n) is 1.41. The number of benzene rings is 1. The van der Waals surface area contributed by atoms with Crippen molar-refractivity contribution < 1.29 is 4.79 Å². The van der Waals surface area contributed by atoms with Crippen LogP contribution in [-0.4, -0.2) is 5.78 Å². The summed E-state index contributed by atoms with van der Waals surface area (Å²) >= 11 is 0. The molecule has 0 heterocycles. The van der Waals surface area contributed by atoms with Crippen molar-refractivity contribution in [3.63, 3.8) is 0 Å². The lowest BCUT2D eigenvalue weighted by molar-refractivity contribution is 0.101. The zero-order chi connectivity index (χ0) is 11.6. The van der Waals surface area contributed by atoms with E-state index in [0.717, 1.165) is 11.1 Å². The van der Waals surface area contributed by atoms with Crippen molar-refractivity contribution in [2.75, 3.05) is 0 Å². The number of hydrogen-bond acceptors (Lipinski definition) is 1. The normalized spacial score (nSPS) is 11.2. The van der Waals surface area contributed by atoms with E-state index in [0.29, 0.717) is 0 Å². The highest BCUT2D eigenvalue weighted by atomic mass is 16.1. The Morgan fingerprint density at radius 1 is 1.27 bits per heavy atom. The van der Waals surface area contributed by atoms with Crippen LogP contribution in [-0.2, 0) is 5.41 Å². The summed E-state index contributed by atoms with van der Waals surface area (Å²) in [5, 5.41) is 0. The molecule has 0 spiro atoms. The van der Waals surface area contributed by atoms with Crippen LogP contribution < -0.4 is 0 Å². The van der Waals surface area contributed by atoms with Crippen LogP contribution in [0.15, 0.2) is 24.8 Å². The first kappa shape index (κ1) is 11.7. The lowest BCUT2D eigenvalue weighted by Gasteiger charge is -2.20. The van der Waals surface area contributed by atoms with Crippen molar-refractivity contribution >= 4 is 11.9 Å². The van der Waals surface area contributed by atoms with Gasteiger partial charge in [0.05, 0.1) is 0 Å². The lowest BCUT2D eigenvalue weighted by Crippen LogP contribution is -2.12. The molecule has 1 aromatic rings. The maximum atomic E-state index is 11.4. The molecule has 1 rings (SSSR count). The standard InChI is InChI=1S/C14H18O/c1-6-11-7-12(10(2)15)9-13(8-11)14(3,4)5/h6-9H,1H2,2-5H3. The van der Waals surface area contributed by atoms with Gasteiger partial charge in [0, 0.05) is 5.56 Å². The third-order valence-corrected chi connectivity index (χ3v) is 2.46. The molecule has 1 heteroatoms. The van der Waals surface area contributed by atoms with E-state index in [1.165, 1.54) is 5.56 Å². The Hall–Kier alpha value is -1.37. The summed E-state index contributed by atoms with van der Waals surface area (Å²) < 4.78 is 0. The molecule has 0 aliphatic rings. The van der Waals surface area contributed by atoms with Gasteiger partial charge in [-0.3, -0.25) is 4.79 Å². The fourth-order valence-corrected chi connectivity index (χ4v) is 1.41. The van der Waals surface area contributed by atoms with Gasteiger partial charge in [-0.05, 0) is 35.6 Å². The summed E-state index contributed by atoms with van der Waals surface area (Å²) in [7, 11) is 0. The average molecular weight is 202 g/mol. The Bertz CT molecular complexity index is 394. The summed E-state index contributed by atoms with van der Waals surface area (Å²) in [6.07, 6.45) is 1.78. The average Bonchev–Trinajstić information content (AvgIpc) is 2.15. The van der Waals surface area contributed by atoms with Crippen molar-refractivity contribution in [2.24, 2.45) is 0 Å². The second-order valence-corrected chi connectivity index (χ2v) is 4.85. The third kappa shape index (κ3) is 2.79. The van der Waals surface area contributed by atoms with Crippen molar-refractivity contribution in [2.45, 2.75) is 33.1 Å². The minimum absolute atomic E-state index is 0.0588. The van der Waals surface area contributed by atoms with E-state index in [-0.39, 0.29) is 11.2 Å². The van der Waals surface area contributed by atoms with Gasteiger partial charge in [0.15, 0.2) is 5.78 Å². The quantitative estimate of drug-likeness (QED) is 0.666. The Morgan fingerprint density at radius 3 is 2.27 bits per heavy atom. The highest BCUT2D eigenvalue weighted by molar-refractivity contribution is 5.94. The number of carbonyl (C=O) groups is 1. The van der Waals surface area contributed by atoms with E-state index in [2.05, 4.69) is 33.4 Å². The number of ketones is 1. The lowest BCUT2D eigenvalue weighted by atomic mass is 9.84. The monoisotopic (exact) mass is 202 g/mol. The molecule has 0 aromatic heterocycles. The predicted molar refractivity (Wildman–Crippen MR) is 65.2 cm³/mol. The molecule has 80 valence electrons. The zero-order valence-electron chi connectivity index (χ0n) is 9.92. The highest BCUT2D eigenvalue weighted by Gasteiger charge is 2.15. The molecule has 0 atom stereocenters. The first-order valence-corrected chi connectivity index (χ1v) is 5.13. The van der Waals surface area contributed by atoms with Crippen LogP contribution in [0.5, 0.6) is 0 Å². The second kappa shape index (κ2) is 4.01. The minimum Gasteiger partial charge on any atom is -0.295 e. The molecular weight excluding hydrogens is 184 g/mol. The molecule has 1 aromatic carbocycles. The zero-order valence-corrected chi connectivity index (χ0v) is 9.92. The van der Waals surface area contributed by atoms with Crippen LogP contribution in [0.3, 0.4) is 0 Å². The van der Waals surface area contributed by atoms with Crippen molar-refractivity contribution in [1.29, 1.82) is 0 Å². The molecule has 0 unspecified atom stereocenters. The van der Waals surface area contributed by atoms with Gasteiger partial charge in [-0.1, -0.05) is 39.5 Å². The van der Waals surface area contributed by atoms with E-state index in [9.17, 15) is 4.79 Å². The van der Waals surface area contributed by atoms with Gasteiger partial charge in [-0.2, -0.15) is 0 Å². The molecule has 0 fully saturated rings. The third-order valence-electron chi connectivity index (χ3n) is 2.46. The van der Waals surface area contributed by atoms with Gasteiger partial charge in [-0.25, -0.2) is 0 Å². The molecule has 0 N–H and O–H groups in total.